The van der Waals surface area contributed by atoms with Crippen LogP contribution in [0.25, 0.3) is 22.3 Å². The molecule has 1 N–H and O–H groups in total. The minimum absolute atomic E-state index is 0.0584. The number of para-hydroxylation sites is 2. The Morgan fingerprint density at radius 2 is 1.81 bits per heavy atom. The molecule has 0 aliphatic rings. The zero-order valence-electron chi connectivity index (χ0n) is 16.9. The molecule has 5 rings (SSSR count). The summed E-state index contributed by atoms with van der Waals surface area (Å²) in [6, 6.07) is 21.9. The molecule has 0 spiro atoms. The second kappa shape index (κ2) is 8.73. The molecule has 5 aromatic rings. The van der Waals surface area contributed by atoms with E-state index in [1.807, 2.05) is 60.8 Å². The second-order valence-electron chi connectivity index (χ2n) is 7.26. The van der Waals surface area contributed by atoms with Crippen LogP contribution in [0.1, 0.15) is 12.2 Å². The van der Waals surface area contributed by atoms with Gasteiger partial charge in [-0.25, -0.2) is 9.78 Å². The Morgan fingerprint density at radius 1 is 0.968 bits per heavy atom. The van der Waals surface area contributed by atoms with E-state index in [2.05, 4.69) is 26.7 Å². The number of fused-ring (bicyclic) bond motifs is 1. The van der Waals surface area contributed by atoms with Gasteiger partial charge in [0.15, 0.2) is 5.16 Å². The van der Waals surface area contributed by atoms with Gasteiger partial charge < -0.3 is 14.0 Å². The van der Waals surface area contributed by atoms with Crippen molar-refractivity contribution in [2.75, 3.05) is 5.75 Å². The van der Waals surface area contributed by atoms with Gasteiger partial charge in [0.1, 0.15) is 5.76 Å². The Kier molecular flexibility index (Phi) is 5.50. The number of nitrogens with one attached hydrogen (secondary N) is 1. The van der Waals surface area contributed by atoms with E-state index in [-0.39, 0.29) is 5.69 Å². The number of benzene rings is 2. The normalized spacial score (nSPS) is 11.4. The van der Waals surface area contributed by atoms with Gasteiger partial charge in [-0.2, -0.15) is 0 Å². The largest absolute Gasteiger partial charge is 0.467 e. The van der Waals surface area contributed by atoms with Crippen LogP contribution in [0, 0.1) is 0 Å². The first-order chi connectivity index (χ1) is 15.3. The number of nitrogens with zero attached hydrogens (tertiary/aromatic N) is 3. The van der Waals surface area contributed by atoms with Gasteiger partial charge in [0.2, 0.25) is 0 Å². The molecular formula is C24H22N4O2S. The first-order valence-electron chi connectivity index (χ1n) is 10.2. The molecule has 2 aromatic carbocycles. The van der Waals surface area contributed by atoms with E-state index in [0.717, 1.165) is 45.4 Å². The highest BCUT2D eigenvalue weighted by molar-refractivity contribution is 7.99. The summed E-state index contributed by atoms with van der Waals surface area (Å²) in [5, 5.41) is 0.946. The number of aryl methyl sites for hydroxylation is 1. The average Bonchev–Trinajstić information content (AvgIpc) is 3.52. The van der Waals surface area contributed by atoms with Crippen molar-refractivity contribution in [1.82, 2.24) is 19.1 Å². The molecule has 156 valence electrons. The molecule has 3 aromatic heterocycles. The van der Waals surface area contributed by atoms with Gasteiger partial charge in [0, 0.05) is 12.3 Å². The standard InChI is InChI=1S/C24H22N4O2S/c29-23-26-20-11-4-5-12-21(20)27(23)13-7-15-31-24-25-16-22(18-8-2-1-3-9-18)28(24)17-19-10-6-14-30-19/h1-6,8-12,14,16H,7,13,15,17H2,(H,26,29). The van der Waals surface area contributed by atoms with Crippen molar-refractivity contribution < 1.29 is 4.42 Å². The maximum absolute atomic E-state index is 12.3. The van der Waals surface area contributed by atoms with E-state index >= 15 is 0 Å². The first kappa shape index (κ1) is 19.5. The van der Waals surface area contributed by atoms with Gasteiger partial charge in [0.05, 0.1) is 35.7 Å². The molecule has 0 saturated carbocycles. The van der Waals surface area contributed by atoms with E-state index in [9.17, 15) is 4.79 Å². The minimum Gasteiger partial charge on any atom is -0.467 e. The average molecular weight is 431 g/mol. The lowest BCUT2D eigenvalue weighted by Gasteiger charge is -2.11. The van der Waals surface area contributed by atoms with Crippen LogP contribution in [-0.2, 0) is 13.1 Å². The number of aromatic nitrogens is 4. The van der Waals surface area contributed by atoms with Gasteiger partial charge in [-0.15, -0.1) is 0 Å². The molecule has 7 heteroatoms. The maximum atomic E-state index is 12.3. The topological polar surface area (TPSA) is 68.8 Å². The summed E-state index contributed by atoms with van der Waals surface area (Å²) in [7, 11) is 0. The van der Waals surface area contributed by atoms with E-state index in [1.54, 1.807) is 22.6 Å². The van der Waals surface area contributed by atoms with E-state index in [4.69, 9.17) is 4.42 Å². The molecule has 0 amide bonds. The monoisotopic (exact) mass is 430 g/mol. The summed E-state index contributed by atoms with van der Waals surface area (Å²) in [5.74, 6) is 1.75. The molecule has 3 heterocycles. The summed E-state index contributed by atoms with van der Waals surface area (Å²) < 4.78 is 9.58. The van der Waals surface area contributed by atoms with Crippen molar-refractivity contribution >= 4 is 22.8 Å². The van der Waals surface area contributed by atoms with Gasteiger partial charge >= 0.3 is 5.69 Å². The number of rotatable bonds is 8. The lowest BCUT2D eigenvalue weighted by Crippen LogP contribution is -2.17. The fourth-order valence-corrected chi connectivity index (χ4v) is 4.64. The van der Waals surface area contributed by atoms with Crippen LogP contribution in [0.2, 0.25) is 0 Å². The van der Waals surface area contributed by atoms with Crippen LogP contribution in [0.5, 0.6) is 0 Å². The third-order valence-corrected chi connectivity index (χ3v) is 6.30. The molecule has 0 atom stereocenters. The number of imidazole rings is 2. The Hall–Kier alpha value is -3.45. The molecule has 0 saturated heterocycles. The second-order valence-corrected chi connectivity index (χ2v) is 8.32. The molecular weight excluding hydrogens is 408 g/mol. The smallest absolute Gasteiger partial charge is 0.326 e. The Morgan fingerprint density at radius 3 is 2.65 bits per heavy atom. The fraction of sp³-hybridized carbons (Fsp3) is 0.167. The number of hydrogen-bond donors (Lipinski definition) is 1. The molecule has 0 fully saturated rings. The minimum atomic E-state index is -0.0584. The van der Waals surface area contributed by atoms with Crippen molar-refractivity contribution in [3.05, 3.63) is 95.4 Å². The van der Waals surface area contributed by atoms with E-state index in [1.165, 1.54) is 0 Å². The van der Waals surface area contributed by atoms with Crippen molar-refractivity contribution in [3.63, 3.8) is 0 Å². The summed E-state index contributed by atoms with van der Waals surface area (Å²) in [5.41, 5.74) is 3.95. The molecule has 6 nitrogen and oxygen atoms in total. The van der Waals surface area contributed by atoms with Crippen LogP contribution in [0.4, 0.5) is 0 Å². The predicted molar refractivity (Wildman–Crippen MR) is 123 cm³/mol. The first-order valence-corrected chi connectivity index (χ1v) is 11.2. The van der Waals surface area contributed by atoms with E-state index in [0.29, 0.717) is 13.1 Å². The molecule has 0 aliphatic heterocycles. The van der Waals surface area contributed by atoms with Crippen LogP contribution >= 0.6 is 11.8 Å². The number of thioether (sulfide) groups is 1. The number of aromatic amines is 1. The summed E-state index contributed by atoms with van der Waals surface area (Å²) in [4.78, 5) is 19.9. The molecule has 0 radical (unpaired) electrons. The van der Waals surface area contributed by atoms with Gasteiger partial charge in [0.25, 0.3) is 0 Å². The van der Waals surface area contributed by atoms with Gasteiger partial charge in [-0.3, -0.25) is 4.57 Å². The molecule has 0 aliphatic carbocycles. The van der Waals surface area contributed by atoms with Crippen LogP contribution in [0.15, 0.2) is 93.6 Å². The Bertz CT molecular complexity index is 1330. The van der Waals surface area contributed by atoms with Crippen molar-refractivity contribution in [3.8, 4) is 11.3 Å². The van der Waals surface area contributed by atoms with Crippen LogP contribution in [0.3, 0.4) is 0 Å². The fourth-order valence-electron chi connectivity index (χ4n) is 3.74. The Labute approximate surface area is 183 Å². The zero-order chi connectivity index (χ0) is 21.0. The van der Waals surface area contributed by atoms with E-state index < -0.39 is 0 Å². The zero-order valence-corrected chi connectivity index (χ0v) is 17.7. The third-order valence-electron chi connectivity index (χ3n) is 5.22. The summed E-state index contributed by atoms with van der Waals surface area (Å²) in [6.45, 7) is 1.29. The van der Waals surface area contributed by atoms with Crippen molar-refractivity contribution in [2.45, 2.75) is 24.7 Å². The molecule has 31 heavy (non-hydrogen) atoms. The molecule has 0 bridgehead atoms. The van der Waals surface area contributed by atoms with Crippen LogP contribution < -0.4 is 5.69 Å². The highest BCUT2D eigenvalue weighted by Gasteiger charge is 2.14. The van der Waals surface area contributed by atoms with Crippen molar-refractivity contribution in [2.24, 2.45) is 0 Å². The molecule has 0 unspecified atom stereocenters. The third kappa shape index (κ3) is 4.09. The van der Waals surface area contributed by atoms with Gasteiger partial charge in [-0.1, -0.05) is 54.2 Å². The number of furan rings is 1. The number of H-pyrrole nitrogens is 1. The lowest BCUT2D eigenvalue weighted by molar-refractivity contribution is 0.485. The maximum Gasteiger partial charge on any atom is 0.326 e. The predicted octanol–water partition coefficient (Wildman–Crippen LogP) is 5.02. The SMILES string of the molecule is O=c1[nH]c2ccccc2n1CCCSc1ncc(-c2ccccc2)n1Cc1ccco1. The Balaban J connectivity index is 1.32. The van der Waals surface area contributed by atoms with Gasteiger partial charge in [-0.05, 0) is 36.2 Å². The quantitative estimate of drug-likeness (QED) is 0.277. The highest BCUT2D eigenvalue weighted by atomic mass is 32.2. The number of hydrogen-bond acceptors (Lipinski definition) is 4. The van der Waals surface area contributed by atoms with Crippen molar-refractivity contribution in [1.29, 1.82) is 0 Å². The summed E-state index contributed by atoms with van der Waals surface area (Å²) in [6.07, 6.45) is 4.48. The highest BCUT2D eigenvalue weighted by Crippen LogP contribution is 2.27. The van der Waals surface area contributed by atoms with Crippen LogP contribution in [-0.4, -0.2) is 24.9 Å². The lowest BCUT2D eigenvalue weighted by atomic mass is 10.2. The summed E-state index contributed by atoms with van der Waals surface area (Å²) >= 11 is 1.70.